The van der Waals surface area contributed by atoms with Gasteiger partial charge in [0.25, 0.3) is 0 Å². The molecule has 0 radical (unpaired) electrons. The van der Waals surface area contributed by atoms with E-state index in [2.05, 4.69) is 9.97 Å². The Morgan fingerprint density at radius 3 is 2.65 bits per heavy atom. The molecule has 7 nitrogen and oxygen atoms in total. The van der Waals surface area contributed by atoms with E-state index in [0.29, 0.717) is 31.1 Å². The van der Waals surface area contributed by atoms with Crippen molar-refractivity contribution in [3.8, 4) is 0 Å². The topological polar surface area (TPSA) is 115 Å². The number of anilines is 3. The molecule has 1 aromatic rings. The van der Waals surface area contributed by atoms with E-state index in [1.54, 1.807) is 6.07 Å². The van der Waals surface area contributed by atoms with E-state index in [1.165, 1.54) is 0 Å². The molecule has 2 rings (SSSR count). The first kappa shape index (κ1) is 11.9. The van der Waals surface area contributed by atoms with E-state index >= 15 is 0 Å². The number of nitrogens with zero attached hydrogens (tertiary/aromatic N) is 3. The summed E-state index contributed by atoms with van der Waals surface area (Å²) in [6.45, 7) is 1.05. The van der Waals surface area contributed by atoms with E-state index < -0.39 is 9.84 Å². The lowest BCUT2D eigenvalue weighted by Crippen LogP contribution is -2.28. The highest BCUT2D eigenvalue weighted by atomic mass is 32.2. The van der Waals surface area contributed by atoms with Crippen LogP contribution in [-0.2, 0) is 9.84 Å². The van der Waals surface area contributed by atoms with Gasteiger partial charge in [0.1, 0.15) is 11.6 Å². The van der Waals surface area contributed by atoms with E-state index in [4.69, 9.17) is 11.5 Å². The van der Waals surface area contributed by atoms with Crippen LogP contribution in [0.2, 0.25) is 0 Å². The smallest absolute Gasteiger partial charge is 0.223 e. The van der Waals surface area contributed by atoms with Crippen LogP contribution < -0.4 is 16.4 Å². The summed E-state index contributed by atoms with van der Waals surface area (Å²) in [6, 6.07) is 1.61. The summed E-state index contributed by atoms with van der Waals surface area (Å²) in [5.74, 6) is 1.34. The molecule has 0 spiro atoms. The number of rotatable bonds is 1. The Morgan fingerprint density at radius 1 is 1.18 bits per heavy atom. The molecule has 0 aromatic carbocycles. The quantitative estimate of drug-likeness (QED) is 0.681. The van der Waals surface area contributed by atoms with Gasteiger partial charge in [-0.2, -0.15) is 9.97 Å². The van der Waals surface area contributed by atoms with Gasteiger partial charge in [0.05, 0.1) is 11.5 Å². The molecule has 1 aliphatic heterocycles. The van der Waals surface area contributed by atoms with Gasteiger partial charge in [0.2, 0.25) is 5.95 Å². The summed E-state index contributed by atoms with van der Waals surface area (Å²) in [7, 11) is -2.93. The van der Waals surface area contributed by atoms with Crippen LogP contribution in [0.5, 0.6) is 0 Å². The highest BCUT2D eigenvalue weighted by Crippen LogP contribution is 2.17. The van der Waals surface area contributed by atoms with E-state index in [-0.39, 0.29) is 17.5 Å². The Bertz CT molecular complexity index is 496. The van der Waals surface area contributed by atoms with Gasteiger partial charge >= 0.3 is 0 Å². The summed E-state index contributed by atoms with van der Waals surface area (Å²) in [4.78, 5) is 9.72. The Hall–Kier alpha value is -1.57. The predicted molar refractivity (Wildman–Crippen MR) is 66.3 cm³/mol. The standard InChI is InChI=1S/C9H15N5O2S/c10-7-6-8(13-9(11)12-7)14-2-1-4-17(15,16)5-3-14/h6H,1-5H2,(H4,10,11,12,13). The van der Waals surface area contributed by atoms with Gasteiger partial charge in [0.15, 0.2) is 9.84 Å². The van der Waals surface area contributed by atoms with Gasteiger partial charge in [-0.1, -0.05) is 0 Å². The Balaban J connectivity index is 2.22. The molecule has 0 atom stereocenters. The molecule has 4 N–H and O–H groups in total. The molecule has 94 valence electrons. The zero-order valence-electron chi connectivity index (χ0n) is 9.33. The highest BCUT2D eigenvalue weighted by Gasteiger charge is 2.20. The van der Waals surface area contributed by atoms with Crippen molar-refractivity contribution in [3.63, 3.8) is 0 Å². The van der Waals surface area contributed by atoms with E-state index in [0.717, 1.165) is 0 Å². The van der Waals surface area contributed by atoms with Crippen molar-refractivity contribution in [1.29, 1.82) is 0 Å². The Labute approximate surface area is 99.8 Å². The molecule has 0 unspecified atom stereocenters. The molecule has 0 aliphatic carbocycles. The molecule has 17 heavy (non-hydrogen) atoms. The second-order valence-corrected chi connectivity index (χ2v) is 6.31. The lowest BCUT2D eigenvalue weighted by atomic mass is 10.4. The van der Waals surface area contributed by atoms with Gasteiger partial charge in [-0.3, -0.25) is 0 Å². The van der Waals surface area contributed by atoms with Crippen LogP contribution in [0.25, 0.3) is 0 Å². The number of hydrogen-bond donors (Lipinski definition) is 2. The number of hydrogen-bond acceptors (Lipinski definition) is 7. The maximum absolute atomic E-state index is 11.5. The van der Waals surface area contributed by atoms with Crippen LogP contribution in [0.1, 0.15) is 6.42 Å². The number of nitrogens with two attached hydrogens (primary N) is 2. The van der Waals surface area contributed by atoms with Crippen molar-refractivity contribution in [2.45, 2.75) is 6.42 Å². The van der Waals surface area contributed by atoms with E-state index in [9.17, 15) is 8.42 Å². The minimum absolute atomic E-state index is 0.104. The van der Waals surface area contributed by atoms with Crippen molar-refractivity contribution in [2.24, 2.45) is 0 Å². The van der Waals surface area contributed by atoms with Gasteiger partial charge < -0.3 is 16.4 Å². The zero-order chi connectivity index (χ0) is 12.5. The van der Waals surface area contributed by atoms with Crippen molar-refractivity contribution >= 4 is 27.4 Å². The van der Waals surface area contributed by atoms with Crippen molar-refractivity contribution in [3.05, 3.63) is 6.07 Å². The maximum Gasteiger partial charge on any atom is 0.223 e. The molecule has 1 saturated heterocycles. The second-order valence-electron chi connectivity index (χ2n) is 4.00. The van der Waals surface area contributed by atoms with Crippen LogP contribution in [0, 0.1) is 0 Å². The molecular weight excluding hydrogens is 242 g/mol. The molecule has 8 heteroatoms. The second kappa shape index (κ2) is 4.36. The highest BCUT2D eigenvalue weighted by molar-refractivity contribution is 7.91. The normalized spacial score (nSPS) is 19.9. The fourth-order valence-corrected chi connectivity index (χ4v) is 3.07. The fourth-order valence-electron chi connectivity index (χ4n) is 1.80. The van der Waals surface area contributed by atoms with E-state index in [1.807, 2.05) is 4.90 Å². The van der Waals surface area contributed by atoms with Gasteiger partial charge in [-0.15, -0.1) is 0 Å². The third kappa shape index (κ3) is 2.96. The third-order valence-electron chi connectivity index (χ3n) is 2.63. The van der Waals surface area contributed by atoms with Gasteiger partial charge in [-0.25, -0.2) is 8.42 Å². The SMILES string of the molecule is Nc1cc(N2CCCS(=O)(=O)CC2)nc(N)n1. The molecule has 0 saturated carbocycles. The maximum atomic E-state index is 11.5. The third-order valence-corrected chi connectivity index (χ3v) is 4.34. The summed E-state index contributed by atoms with van der Waals surface area (Å²) in [5.41, 5.74) is 11.1. The summed E-state index contributed by atoms with van der Waals surface area (Å²) in [6.07, 6.45) is 0.589. The average molecular weight is 257 g/mol. The fraction of sp³-hybridized carbons (Fsp3) is 0.556. The number of aromatic nitrogens is 2. The summed E-state index contributed by atoms with van der Waals surface area (Å²) < 4.78 is 22.9. The average Bonchev–Trinajstić information content (AvgIpc) is 2.38. The monoisotopic (exact) mass is 257 g/mol. The molecule has 0 bridgehead atoms. The molecule has 0 amide bonds. The summed E-state index contributed by atoms with van der Waals surface area (Å²) >= 11 is 0. The van der Waals surface area contributed by atoms with Crippen molar-refractivity contribution in [2.75, 3.05) is 41.0 Å². The first-order valence-corrected chi connectivity index (χ1v) is 7.14. The zero-order valence-corrected chi connectivity index (χ0v) is 10.2. The molecule has 1 fully saturated rings. The summed E-state index contributed by atoms with van der Waals surface area (Å²) in [5, 5.41) is 0. The minimum atomic E-state index is -2.93. The molecule has 1 aliphatic rings. The van der Waals surface area contributed by atoms with Crippen LogP contribution in [0.4, 0.5) is 17.6 Å². The Morgan fingerprint density at radius 2 is 1.94 bits per heavy atom. The van der Waals surface area contributed by atoms with Crippen LogP contribution in [0.15, 0.2) is 6.07 Å². The van der Waals surface area contributed by atoms with Crippen molar-refractivity contribution in [1.82, 2.24) is 9.97 Å². The first-order valence-electron chi connectivity index (χ1n) is 5.32. The predicted octanol–water partition coefficient (Wildman–Crippen LogP) is -0.734. The van der Waals surface area contributed by atoms with Crippen LogP contribution >= 0.6 is 0 Å². The number of nitrogen functional groups attached to an aromatic ring is 2. The van der Waals surface area contributed by atoms with Gasteiger partial charge in [-0.05, 0) is 6.42 Å². The minimum Gasteiger partial charge on any atom is -0.383 e. The van der Waals surface area contributed by atoms with Crippen LogP contribution in [-0.4, -0.2) is 43.0 Å². The Kier molecular flexibility index (Phi) is 3.05. The molecule has 2 heterocycles. The lowest BCUT2D eigenvalue weighted by molar-refractivity contribution is 0.597. The molecular formula is C9H15N5O2S. The van der Waals surface area contributed by atoms with Crippen molar-refractivity contribution < 1.29 is 8.42 Å². The lowest BCUT2D eigenvalue weighted by Gasteiger charge is -2.20. The number of sulfone groups is 1. The largest absolute Gasteiger partial charge is 0.383 e. The van der Waals surface area contributed by atoms with Gasteiger partial charge in [0, 0.05) is 19.2 Å². The van der Waals surface area contributed by atoms with Crippen LogP contribution in [0.3, 0.4) is 0 Å². The molecule has 1 aromatic heterocycles. The first-order chi connectivity index (χ1) is 7.96.